The van der Waals surface area contributed by atoms with Crippen molar-refractivity contribution in [3.05, 3.63) is 87.9 Å². The van der Waals surface area contributed by atoms with Crippen LogP contribution in [-0.2, 0) is 9.53 Å². The van der Waals surface area contributed by atoms with Crippen LogP contribution in [0.4, 0.5) is 10.5 Å². The Kier molecular flexibility index (Phi) is 6.06. The highest BCUT2D eigenvalue weighted by Crippen LogP contribution is 2.44. The summed E-state index contributed by atoms with van der Waals surface area (Å²) in [6.45, 7) is 0.176. The fourth-order valence-electron chi connectivity index (χ4n) is 4.61. The van der Waals surface area contributed by atoms with E-state index in [9.17, 15) is 14.4 Å². The molecule has 178 valence electrons. The minimum Gasteiger partial charge on any atom is -0.481 e. The second-order valence-electron chi connectivity index (χ2n) is 8.95. The van der Waals surface area contributed by atoms with Crippen molar-refractivity contribution in [1.82, 2.24) is 5.32 Å². The van der Waals surface area contributed by atoms with Crippen molar-refractivity contribution in [2.45, 2.75) is 30.7 Å². The summed E-state index contributed by atoms with van der Waals surface area (Å²) < 4.78 is 6.19. The molecule has 0 radical (unpaired) electrons. The van der Waals surface area contributed by atoms with Crippen molar-refractivity contribution in [2.24, 2.45) is 0 Å². The van der Waals surface area contributed by atoms with Crippen LogP contribution in [0.15, 0.2) is 71.2 Å². The van der Waals surface area contributed by atoms with Crippen molar-refractivity contribution in [3.8, 4) is 11.1 Å². The molecule has 0 saturated heterocycles. The van der Waals surface area contributed by atoms with Crippen LogP contribution in [-0.4, -0.2) is 35.2 Å². The SMILES string of the molecule is O=C(O)CC1(NC(=O)c2ccc(Br)c(NC(=O)OCC3c4ccccc4-c4ccccc43)c2)CC1. The van der Waals surface area contributed by atoms with Crippen LogP contribution in [0.2, 0.25) is 0 Å². The van der Waals surface area contributed by atoms with Gasteiger partial charge in [-0.2, -0.15) is 0 Å². The van der Waals surface area contributed by atoms with E-state index in [0.29, 0.717) is 28.6 Å². The highest BCUT2D eigenvalue weighted by atomic mass is 79.9. The van der Waals surface area contributed by atoms with Crippen LogP contribution >= 0.6 is 15.9 Å². The summed E-state index contributed by atoms with van der Waals surface area (Å²) in [5, 5.41) is 14.6. The Morgan fingerprint density at radius 1 is 0.971 bits per heavy atom. The first-order valence-corrected chi connectivity index (χ1v) is 12.1. The van der Waals surface area contributed by atoms with E-state index in [0.717, 1.165) is 22.3 Å². The van der Waals surface area contributed by atoms with E-state index < -0.39 is 17.6 Å². The molecule has 3 N–H and O–H groups in total. The number of benzene rings is 3. The van der Waals surface area contributed by atoms with Crippen molar-refractivity contribution in [3.63, 3.8) is 0 Å². The lowest BCUT2D eigenvalue weighted by molar-refractivity contribution is -0.137. The molecule has 2 amide bonds. The molecule has 0 heterocycles. The molecule has 1 fully saturated rings. The molecule has 2 aliphatic carbocycles. The van der Waals surface area contributed by atoms with Gasteiger partial charge in [-0.3, -0.25) is 14.9 Å². The third-order valence-electron chi connectivity index (χ3n) is 6.53. The van der Waals surface area contributed by atoms with Crippen LogP contribution in [0.3, 0.4) is 0 Å². The predicted octanol–water partition coefficient (Wildman–Crippen LogP) is 5.55. The number of carbonyl (C=O) groups excluding carboxylic acids is 2. The predicted molar refractivity (Wildman–Crippen MR) is 135 cm³/mol. The van der Waals surface area contributed by atoms with Crippen LogP contribution in [0, 0.1) is 0 Å². The number of aliphatic carboxylic acids is 1. The number of carboxylic acid groups (broad SMARTS) is 1. The minimum atomic E-state index is -0.948. The molecule has 0 unspecified atom stereocenters. The van der Waals surface area contributed by atoms with E-state index in [1.54, 1.807) is 12.1 Å². The molecule has 3 aromatic carbocycles. The first-order valence-electron chi connectivity index (χ1n) is 11.3. The van der Waals surface area contributed by atoms with Gasteiger partial charge in [0.25, 0.3) is 5.91 Å². The lowest BCUT2D eigenvalue weighted by Gasteiger charge is -2.17. The van der Waals surface area contributed by atoms with Gasteiger partial charge in [-0.1, -0.05) is 48.5 Å². The van der Waals surface area contributed by atoms with E-state index in [4.69, 9.17) is 9.84 Å². The van der Waals surface area contributed by atoms with Gasteiger partial charge in [0, 0.05) is 16.0 Å². The van der Waals surface area contributed by atoms with Gasteiger partial charge >= 0.3 is 12.1 Å². The molecule has 0 atom stereocenters. The summed E-state index contributed by atoms with van der Waals surface area (Å²) >= 11 is 3.40. The second kappa shape index (κ2) is 9.19. The maximum absolute atomic E-state index is 12.7. The number of hydrogen-bond donors (Lipinski definition) is 3. The molecule has 35 heavy (non-hydrogen) atoms. The molecule has 0 aromatic heterocycles. The molecule has 2 aliphatic rings. The summed E-state index contributed by atoms with van der Waals surface area (Å²) in [6, 6.07) is 21.0. The zero-order valence-electron chi connectivity index (χ0n) is 18.7. The van der Waals surface area contributed by atoms with E-state index in [2.05, 4.69) is 50.8 Å². The Hall–Kier alpha value is -3.65. The van der Waals surface area contributed by atoms with Gasteiger partial charge in [0.15, 0.2) is 0 Å². The number of amides is 2. The topological polar surface area (TPSA) is 105 Å². The van der Waals surface area contributed by atoms with E-state index >= 15 is 0 Å². The first-order chi connectivity index (χ1) is 16.8. The fourth-order valence-corrected chi connectivity index (χ4v) is 4.95. The molecule has 3 aromatic rings. The van der Waals surface area contributed by atoms with Gasteiger partial charge < -0.3 is 15.2 Å². The number of anilines is 1. The lowest BCUT2D eigenvalue weighted by atomic mass is 9.98. The number of halogens is 1. The largest absolute Gasteiger partial charge is 0.481 e. The molecule has 0 bridgehead atoms. The molecule has 0 spiro atoms. The quantitative estimate of drug-likeness (QED) is 0.368. The molecule has 0 aliphatic heterocycles. The van der Waals surface area contributed by atoms with Gasteiger partial charge in [-0.25, -0.2) is 4.79 Å². The monoisotopic (exact) mass is 534 g/mol. The Labute approximate surface area is 210 Å². The molecular formula is C27H23BrN2O5. The zero-order valence-corrected chi connectivity index (χ0v) is 20.3. The third kappa shape index (κ3) is 4.79. The molecule has 7 nitrogen and oxygen atoms in total. The van der Waals surface area contributed by atoms with Crippen molar-refractivity contribution < 1.29 is 24.2 Å². The van der Waals surface area contributed by atoms with Crippen molar-refractivity contribution in [2.75, 3.05) is 11.9 Å². The summed E-state index contributed by atoms with van der Waals surface area (Å²) in [6.07, 6.45) is 0.522. The number of fused-ring (bicyclic) bond motifs is 3. The second-order valence-corrected chi connectivity index (χ2v) is 9.80. The molecule has 1 saturated carbocycles. The highest BCUT2D eigenvalue weighted by molar-refractivity contribution is 9.10. The fraction of sp³-hybridized carbons (Fsp3) is 0.222. The minimum absolute atomic E-state index is 0.0577. The van der Waals surface area contributed by atoms with Gasteiger partial charge in [-0.05, 0) is 69.2 Å². The van der Waals surface area contributed by atoms with Crippen molar-refractivity contribution >= 4 is 39.6 Å². The Bertz CT molecular complexity index is 1290. The Morgan fingerprint density at radius 3 is 2.20 bits per heavy atom. The normalized spacial score (nSPS) is 15.0. The highest BCUT2D eigenvalue weighted by Gasteiger charge is 2.46. The Balaban J connectivity index is 1.25. The summed E-state index contributed by atoms with van der Waals surface area (Å²) in [5.74, 6) is -1.39. The Morgan fingerprint density at radius 2 is 1.60 bits per heavy atom. The molecule has 5 rings (SSSR count). The van der Waals surface area contributed by atoms with E-state index in [-0.39, 0.29) is 24.9 Å². The van der Waals surface area contributed by atoms with Gasteiger partial charge in [0.1, 0.15) is 6.61 Å². The number of carbonyl (C=O) groups is 3. The van der Waals surface area contributed by atoms with Gasteiger partial charge in [-0.15, -0.1) is 0 Å². The maximum atomic E-state index is 12.7. The van der Waals surface area contributed by atoms with Crippen LogP contribution in [0.1, 0.15) is 46.7 Å². The number of nitrogens with one attached hydrogen (secondary N) is 2. The van der Waals surface area contributed by atoms with Crippen LogP contribution < -0.4 is 10.6 Å². The smallest absolute Gasteiger partial charge is 0.411 e. The first kappa shape index (κ1) is 23.1. The van der Waals surface area contributed by atoms with E-state index in [1.165, 1.54) is 6.07 Å². The number of carboxylic acids is 1. The number of rotatable bonds is 7. The van der Waals surface area contributed by atoms with E-state index in [1.807, 2.05) is 24.3 Å². The average Bonchev–Trinajstić information content (AvgIpc) is 3.50. The standard InChI is InChI=1S/C27H23BrN2O5/c28-22-10-9-16(25(33)30-27(11-12-27)14-24(31)32)13-23(22)29-26(34)35-15-21-19-7-3-1-5-17(19)18-6-2-4-8-20(18)21/h1-10,13,21H,11-12,14-15H2,(H,29,34)(H,30,33)(H,31,32). The van der Waals surface area contributed by atoms with Crippen LogP contribution in [0.25, 0.3) is 11.1 Å². The zero-order chi connectivity index (χ0) is 24.6. The molecular weight excluding hydrogens is 512 g/mol. The van der Waals surface area contributed by atoms with Crippen LogP contribution in [0.5, 0.6) is 0 Å². The third-order valence-corrected chi connectivity index (χ3v) is 7.22. The van der Waals surface area contributed by atoms with Gasteiger partial charge in [0.05, 0.1) is 17.6 Å². The lowest BCUT2D eigenvalue weighted by Crippen LogP contribution is -2.38. The average molecular weight is 535 g/mol. The summed E-state index contributed by atoms with van der Waals surface area (Å²) in [7, 11) is 0. The van der Waals surface area contributed by atoms with Crippen molar-refractivity contribution in [1.29, 1.82) is 0 Å². The maximum Gasteiger partial charge on any atom is 0.411 e. The number of ether oxygens (including phenoxy) is 1. The number of hydrogen-bond acceptors (Lipinski definition) is 4. The molecule has 8 heteroatoms. The summed E-state index contributed by atoms with van der Waals surface area (Å²) in [4.78, 5) is 36.4. The summed E-state index contributed by atoms with van der Waals surface area (Å²) in [5.41, 5.74) is 4.56. The van der Waals surface area contributed by atoms with Gasteiger partial charge in [0.2, 0.25) is 0 Å².